The molecule has 9 nitrogen and oxygen atoms in total. The van der Waals surface area contributed by atoms with Gasteiger partial charge in [-0.1, -0.05) is 19.6 Å². The van der Waals surface area contributed by atoms with Crippen LogP contribution in [0.5, 0.6) is 0 Å². The highest BCUT2D eigenvalue weighted by molar-refractivity contribution is 6.75. The fraction of sp³-hybridized carbons (Fsp3) is 0.562. The minimum Gasteiger partial charge on any atom is -0.377 e. The summed E-state index contributed by atoms with van der Waals surface area (Å²) < 4.78 is 17.9. The Kier molecular flexibility index (Phi) is 8.72. The number of hydrazine groups is 1. The molecule has 1 heterocycles. The van der Waals surface area contributed by atoms with Crippen LogP contribution in [0.25, 0.3) is 0 Å². The zero-order chi connectivity index (χ0) is 20.7. The lowest BCUT2D eigenvalue weighted by Crippen LogP contribution is -2.58. The average molecular weight is 415 g/mol. The number of amides is 3. The topological polar surface area (TPSA) is 107 Å². The Labute approximate surface area is 162 Å². The van der Waals surface area contributed by atoms with Gasteiger partial charge in [-0.15, -0.1) is 0 Å². The summed E-state index contributed by atoms with van der Waals surface area (Å²) in [6.07, 6.45) is 3.56. The van der Waals surface area contributed by atoms with Gasteiger partial charge in [0.05, 0.1) is 0 Å². The van der Waals surface area contributed by atoms with Crippen LogP contribution in [0, 0.1) is 0 Å². The maximum Gasteiger partial charge on any atom is 0.500 e. The lowest BCUT2D eigenvalue weighted by atomic mass is 10.2. The average Bonchev–Trinajstić information content (AvgIpc) is 2.67. The molecule has 1 aromatic rings. The van der Waals surface area contributed by atoms with Gasteiger partial charge in [0.25, 0.3) is 5.91 Å². The van der Waals surface area contributed by atoms with Gasteiger partial charge < -0.3 is 17.8 Å². The molecule has 0 fully saturated rings. The van der Waals surface area contributed by atoms with E-state index in [1.54, 1.807) is 25.9 Å². The van der Waals surface area contributed by atoms with E-state index >= 15 is 0 Å². The maximum absolute atomic E-state index is 12.9. The molecule has 0 aliphatic rings. The summed E-state index contributed by atoms with van der Waals surface area (Å²) in [5.74, 6) is 5.29. The van der Waals surface area contributed by atoms with E-state index in [9.17, 15) is 9.59 Å². The molecule has 0 unspecified atom stereocenters. The number of carbonyl (C=O) groups excluding carboxylic acids is 2. The summed E-state index contributed by atoms with van der Waals surface area (Å²) in [6.45, 7) is 6.48. The van der Waals surface area contributed by atoms with Crippen LogP contribution < -0.4 is 5.84 Å². The number of hydrogen-bond donors (Lipinski definition) is 1. The fourth-order valence-corrected chi connectivity index (χ4v) is 5.79. The van der Waals surface area contributed by atoms with Crippen molar-refractivity contribution in [1.82, 2.24) is 14.6 Å². The summed E-state index contributed by atoms with van der Waals surface area (Å²) in [5, 5.41) is 0.668. The monoisotopic (exact) mass is 414 g/mol. The van der Waals surface area contributed by atoms with Crippen LogP contribution in [0.2, 0.25) is 25.7 Å². The van der Waals surface area contributed by atoms with Crippen molar-refractivity contribution < 1.29 is 22.9 Å². The van der Waals surface area contributed by atoms with E-state index in [4.69, 9.17) is 19.1 Å². The molecule has 0 aliphatic carbocycles. The summed E-state index contributed by atoms with van der Waals surface area (Å²) >= 11 is 0. The summed E-state index contributed by atoms with van der Waals surface area (Å²) in [7, 11) is -0.163. The number of urea groups is 1. The molecule has 0 atom stereocenters. The van der Waals surface area contributed by atoms with E-state index in [0.29, 0.717) is 29.6 Å². The Morgan fingerprint density at radius 2 is 1.59 bits per heavy atom. The summed E-state index contributed by atoms with van der Waals surface area (Å²) in [4.78, 5) is 29.3. The fourth-order valence-electron chi connectivity index (χ4n) is 2.58. The lowest BCUT2D eigenvalue weighted by Gasteiger charge is -2.36. The highest BCUT2D eigenvalue weighted by Crippen LogP contribution is 2.19. The third-order valence-corrected chi connectivity index (χ3v) is 9.06. The minimum atomic E-state index is -2.72. The second kappa shape index (κ2) is 10.1. The van der Waals surface area contributed by atoms with Gasteiger partial charge in [-0.2, -0.15) is 5.01 Å². The van der Waals surface area contributed by atoms with Gasteiger partial charge >= 0.3 is 14.8 Å². The molecule has 0 saturated heterocycles. The van der Waals surface area contributed by atoms with E-state index in [2.05, 4.69) is 4.98 Å². The molecule has 3 amide bonds. The van der Waals surface area contributed by atoms with Crippen LogP contribution in [0.3, 0.4) is 0 Å². The maximum atomic E-state index is 12.9. The number of imide groups is 1. The number of carbonyl (C=O) groups is 2. The van der Waals surface area contributed by atoms with E-state index in [-0.39, 0.29) is 0 Å². The minimum absolute atomic E-state index is 0.306. The molecule has 0 aromatic carbocycles. The van der Waals surface area contributed by atoms with Crippen molar-refractivity contribution in [3.63, 3.8) is 0 Å². The first-order chi connectivity index (χ1) is 12.6. The van der Waals surface area contributed by atoms with Gasteiger partial charge in [0.15, 0.2) is 8.24 Å². The first-order valence-electron chi connectivity index (χ1n) is 8.58. The van der Waals surface area contributed by atoms with Crippen LogP contribution in [-0.2, 0) is 13.3 Å². The van der Waals surface area contributed by atoms with Crippen LogP contribution in [0.15, 0.2) is 24.5 Å². The molecule has 1 rings (SSSR count). The number of rotatable bonds is 9. The van der Waals surface area contributed by atoms with Crippen molar-refractivity contribution in [2.45, 2.75) is 32.1 Å². The zero-order valence-electron chi connectivity index (χ0n) is 16.9. The highest BCUT2D eigenvalue weighted by Gasteiger charge is 2.39. The molecule has 11 heteroatoms. The predicted molar refractivity (Wildman–Crippen MR) is 106 cm³/mol. The number of nitrogens with zero attached hydrogens (tertiary/aromatic N) is 3. The molecule has 2 N–H and O–H groups in total. The number of aromatic nitrogens is 1. The molecule has 0 saturated carbocycles. The second-order valence-corrected chi connectivity index (χ2v) is 14.9. The quantitative estimate of drug-likeness (QED) is 0.285. The van der Waals surface area contributed by atoms with E-state index in [0.717, 1.165) is 0 Å². The Morgan fingerprint density at radius 3 is 2.04 bits per heavy atom. The molecular weight excluding hydrogens is 384 g/mol. The Balaban J connectivity index is 2.87. The van der Waals surface area contributed by atoms with Gasteiger partial charge in [0, 0.05) is 51.9 Å². The third-order valence-electron chi connectivity index (χ3n) is 4.19. The smallest absolute Gasteiger partial charge is 0.377 e. The highest BCUT2D eigenvalue weighted by atomic mass is 28.4. The van der Waals surface area contributed by atoms with Crippen LogP contribution in [-0.4, -0.2) is 71.4 Å². The number of hydrogen-bond acceptors (Lipinski definition) is 7. The molecular formula is C16H30N4O5Si2. The summed E-state index contributed by atoms with van der Waals surface area (Å²) in [6, 6.07) is 3.07. The van der Waals surface area contributed by atoms with Crippen LogP contribution in [0.4, 0.5) is 4.79 Å². The van der Waals surface area contributed by atoms with Crippen LogP contribution >= 0.6 is 0 Å². The van der Waals surface area contributed by atoms with Crippen molar-refractivity contribution in [1.29, 1.82) is 0 Å². The first kappa shape index (κ1) is 23.4. The normalized spacial score (nSPS) is 12.0. The Morgan fingerprint density at radius 1 is 1.07 bits per heavy atom. The predicted octanol–water partition coefficient (Wildman–Crippen LogP) is 1.92. The van der Waals surface area contributed by atoms with Gasteiger partial charge in [0.2, 0.25) is 0 Å². The van der Waals surface area contributed by atoms with Gasteiger partial charge in [-0.05, 0) is 18.6 Å². The van der Waals surface area contributed by atoms with Crippen molar-refractivity contribution in [2.24, 2.45) is 5.84 Å². The van der Waals surface area contributed by atoms with Crippen molar-refractivity contribution in [3.05, 3.63) is 30.1 Å². The Bertz CT molecular complexity index is 615. The van der Waals surface area contributed by atoms with Crippen LogP contribution in [0.1, 0.15) is 16.8 Å². The van der Waals surface area contributed by atoms with Crippen molar-refractivity contribution in [3.8, 4) is 0 Å². The van der Waals surface area contributed by atoms with E-state index in [1.807, 2.05) is 19.6 Å². The largest absolute Gasteiger partial charge is 0.500 e. The van der Waals surface area contributed by atoms with Gasteiger partial charge in [0.1, 0.15) is 0 Å². The Hall–Kier alpha value is -1.64. The molecule has 152 valence electrons. The van der Waals surface area contributed by atoms with Crippen molar-refractivity contribution in [2.75, 3.05) is 27.9 Å². The number of nitrogens with two attached hydrogens (primary N) is 1. The van der Waals surface area contributed by atoms with E-state index < -0.39 is 29.0 Å². The molecule has 0 radical (unpaired) electrons. The second-order valence-electron chi connectivity index (χ2n) is 6.92. The van der Waals surface area contributed by atoms with E-state index in [1.165, 1.54) is 24.5 Å². The first-order valence-corrected chi connectivity index (χ1v) is 14.0. The molecule has 27 heavy (non-hydrogen) atoms. The SMILES string of the molecule is CO[Si](CCCN(C(=O)N(N)C(=O)c1ccncc1)[Si](C)(C)C)(OC)OC. The zero-order valence-corrected chi connectivity index (χ0v) is 18.9. The third kappa shape index (κ3) is 6.19. The number of pyridine rings is 1. The molecule has 0 aliphatic heterocycles. The molecule has 0 spiro atoms. The van der Waals surface area contributed by atoms with Gasteiger partial charge in [-0.25, -0.2) is 10.6 Å². The van der Waals surface area contributed by atoms with Gasteiger partial charge in [-0.3, -0.25) is 9.78 Å². The standard InChI is InChI=1S/C16H30N4O5Si2/c1-23-27(24-2,25-3)13-7-12-19(26(4,5)6)16(22)20(17)15(21)14-8-10-18-11-9-14/h8-11H,7,12-13,17H2,1-6H3. The summed E-state index contributed by atoms with van der Waals surface area (Å²) in [5.41, 5.74) is 0.306. The molecule has 1 aromatic heterocycles. The lowest BCUT2D eigenvalue weighted by molar-refractivity contribution is 0.0779. The van der Waals surface area contributed by atoms with Crippen molar-refractivity contribution >= 4 is 29.0 Å². The molecule has 0 bridgehead atoms.